The van der Waals surface area contributed by atoms with Crippen LogP contribution in [0.5, 0.6) is 5.75 Å². The zero-order chi connectivity index (χ0) is 22.5. The third kappa shape index (κ3) is 5.45. The number of hydrogen-bond acceptors (Lipinski definition) is 6. The Balaban J connectivity index is 1.40. The van der Waals surface area contributed by atoms with Crippen molar-refractivity contribution in [3.05, 3.63) is 77.1 Å². The molecule has 0 aliphatic carbocycles. The lowest BCUT2D eigenvalue weighted by atomic mass is 10.2. The Morgan fingerprint density at radius 1 is 1.25 bits per heavy atom. The second-order valence-corrected chi connectivity index (χ2v) is 9.25. The predicted octanol–water partition coefficient (Wildman–Crippen LogP) is 6.58. The predicted molar refractivity (Wildman–Crippen MR) is 131 cm³/mol. The molecule has 1 heterocycles. The van der Waals surface area contributed by atoms with Crippen molar-refractivity contribution < 1.29 is 13.9 Å². The normalized spacial score (nSPS) is 11.2. The van der Waals surface area contributed by atoms with Gasteiger partial charge in [0.1, 0.15) is 11.6 Å². The first-order valence-electron chi connectivity index (χ1n) is 9.47. The molecule has 0 saturated carbocycles. The Labute approximate surface area is 197 Å². The summed E-state index contributed by atoms with van der Waals surface area (Å²) in [5.41, 5.74) is 2.43. The number of amides is 1. The van der Waals surface area contributed by atoms with Gasteiger partial charge in [-0.05, 0) is 54.6 Å². The van der Waals surface area contributed by atoms with Crippen molar-refractivity contribution >= 4 is 68.4 Å². The summed E-state index contributed by atoms with van der Waals surface area (Å²) in [6.45, 7) is 0. The number of hydrogen-bond donors (Lipinski definition) is 1. The molecule has 0 atom stereocenters. The maximum absolute atomic E-state index is 13.9. The average molecular weight is 486 g/mol. The number of thioether (sulfide) groups is 1. The largest absolute Gasteiger partial charge is 0.497 e. The van der Waals surface area contributed by atoms with E-state index in [1.54, 1.807) is 49.6 Å². The first kappa shape index (κ1) is 22.3. The van der Waals surface area contributed by atoms with Crippen molar-refractivity contribution in [2.75, 3.05) is 18.2 Å². The Morgan fingerprint density at radius 3 is 2.81 bits per heavy atom. The maximum Gasteiger partial charge on any atom is 0.234 e. The molecule has 0 spiro atoms. The second kappa shape index (κ2) is 10.1. The number of aromatic nitrogens is 1. The number of ether oxygens (including phenoxy) is 1. The van der Waals surface area contributed by atoms with Gasteiger partial charge in [0.2, 0.25) is 5.91 Å². The van der Waals surface area contributed by atoms with Gasteiger partial charge in [0.05, 0.1) is 33.8 Å². The molecule has 0 fully saturated rings. The molecule has 5 nitrogen and oxygen atoms in total. The summed E-state index contributed by atoms with van der Waals surface area (Å²) in [5.74, 6) is 0.425. The quantitative estimate of drug-likeness (QED) is 0.237. The molecule has 1 aromatic heterocycles. The second-order valence-electron chi connectivity index (χ2n) is 6.59. The van der Waals surface area contributed by atoms with Crippen LogP contribution in [0.1, 0.15) is 5.56 Å². The van der Waals surface area contributed by atoms with Crippen LogP contribution in [0, 0.1) is 5.82 Å². The van der Waals surface area contributed by atoms with E-state index in [-0.39, 0.29) is 17.2 Å². The van der Waals surface area contributed by atoms with Crippen molar-refractivity contribution in [3.63, 3.8) is 0 Å². The molecule has 1 amide bonds. The molecule has 0 unspecified atom stereocenters. The Kier molecular flexibility index (Phi) is 7.04. The molecule has 32 heavy (non-hydrogen) atoms. The third-order valence-electron chi connectivity index (χ3n) is 4.40. The molecule has 3 aromatic carbocycles. The van der Waals surface area contributed by atoms with Crippen LogP contribution in [0.4, 0.5) is 15.8 Å². The number of nitrogens with one attached hydrogen (secondary N) is 1. The first-order chi connectivity index (χ1) is 15.5. The summed E-state index contributed by atoms with van der Waals surface area (Å²) in [6.07, 6.45) is 1.42. The van der Waals surface area contributed by atoms with E-state index in [4.69, 9.17) is 16.3 Å². The van der Waals surface area contributed by atoms with Crippen molar-refractivity contribution in [1.29, 1.82) is 0 Å². The van der Waals surface area contributed by atoms with Crippen molar-refractivity contribution in [1.82, 2.24) is 4.98 Å². The number of nitrogens with zero attached hydrogens (tertiary/aromatic N) is 2. The number of anilines is 1. The zero-order valence-corrected chi connectivity index (χ0v) is 19.2. The van der Waals surface area contributed by atoms with Gasteiger partial charge in [-0.3, -0.25) is 9.79 Å². The highest BCUT2D eigenvalue weighted by atomic mass is 35.5. The minimum Gasteiger partial charge on any atom is -0.497 e. The number of thiazole rings is 1. The van der Waals surface area contributed by atoms with Crippen LogP contribution in [0.15, 0.2) is 70.0 Å². The minimum absolute atomic E-state index is 0.119. The van der Waals surface area contributed by atoms with Crippen LogP contribution in [-0.2, 0) is 4.79 Å². The summed E-state index contributed by atoms with van der Waals surface area (Å²) < 4.78 is 20.7. The SMILES string of the molecule is COc1ccc(NC(=O)CSc2nc3ccc(N=Cc4c(F)cccc4Cl)cc3s2)cc1. The van der Waals surface area contributed by atoms with Crippen LogP contribution >= 0.6 is 34.7 Å². The van der Waals surface area contributed by atoms with Gasteiger partial charge in [-0.25, -0.2) is 9.37 Å². The van der Waals surface area contributed by atoms with Gasteiger partial charge in [-0.1, -0.05) is 29.4 Å². The van der Waals surface area contributed by atoms with E-state index < -0.39 is 5.82 Å². The van der Waals surface area contributed by atoms with Gasteiger partial charge >= 0.3 is 0 Å². The van der Waals surface area contributed by atoms with Gasteiger partial charge in [-0.15, -0.1) is 11.3 Å². The smallest absolute Gasteiger partial charge is 0.234 e. The van der Waals surface area contributed by atoms with Crippen molar-refractivity contribution in [3.8, 4) is 5.75 Å². The summed E-state index contributed by atoms with van der Waals surface area (Å²) in [5, 5.41) is 3.15. The van der Waals surface area contributed by atoms with E-state index in [0.29, 0.717) is 16.4 Å². The van der Waals surface area contributed by atoms with Crippen molar-refractivity contribution in [2.24, 2.45) is 4.99 Å². The first-order valence-corrected chi connectivity index (χ1v) is 11.7. The molecule has 4 rings (SSSR count). The lowest BCUT2D eigenvalue weighted by molar-refractivity contribution is -0.113. The number of benzene rings is 3. The molecule has 1 N–H and O–H groups in total. The zero-order valence-electron chi connectivity index (χ0n) is 16.8. The third-order valence-corrected chi connectivity index (χ3v) is 6.89. The van der Waals surface area contributed by atoms with Gasteiger partial charge < -0.3 is 10.1 Å². The summed E-state index contributed by atoms with van der Waals surface area (Å²) in [4.78, 5) is 21.1. The van der Waals surface area contributed by atoms with Gasteiger partial charge in [0.15, 0.2) is 4.34 Å². The maximum atomic E-state index is 13.9. The topological polar surface area (TPSA) is 63.6 Å². The molecule has 0 radical (unpaired) electrons. The summed E-state index contributed by atoms with van der Waals surface area (Å²) >= 11 is 8.88. The molecular weight excluding hydrogens is 469 g/mol. The Hall–Kier alpha value is -2.94. The van der Waals surface area contributed by atoms with E-state index in [2.05, 4.69) is 15.3 Å². The lowest BCUT2D eigenvalue weighted by Crippen LogP contribution is -2.13. The highest BCUT2D eigenvalue weighted by molar-refractivity contribution is 8.01. The number of halogens is 2. The van der Waals surface area contributed by atoms with Gasteiger partial charge in [0, 0.05) is 17.5 Å². The molecule has 0 bridgehead atoms. The fourth-order valence-corrected chi connectivity index (χ4v) is 4.92. The minimum atomic E-state index is -0.424. The number of carbonyl (C=O) groups excluding carboxylic acids is 1. The van der Waals surface area contributed by atoms with Crippen LogP contribution in [0.25, 0.3) is 10.2 Å². The molecule has 9 heteroatoms. The summed E-state index contributed by atoms with van der Waals surface area (Å²) in [7, 11) is 1.59. The van der Waals surface area contributed by atoms with Crippen LogP contribution in [0.2, 0.25) is 5.02 Å². The van der Waals surface area contributed by atoms with Crippen molar-refractivity contribution in [2.45, 2.75) is 4.34 Å². The molecule has 4 aromatic rings. The number of methoxy groups -OCH3 is 1. The van der Waals surface area contributed by atoms with Crippen LogP contribution in [0.3, 0.4) is 0 Å². The number of aliphatic imine (C=N–C) groups is 1. The number of carbonyl (C=O) groups is 1. The van der Waals surface area contributed by atoms with Crippen LogP contribution in [-0.4, -0.2) is 30.0 Å². The molecular formula is C23H17ClFN3O2S2. The fraction of sp³-hybridized carbons (Fsp3) is 0.0870. The van der Waals surface area contributed by atoms with E-state index in [1.165, 1.54) is 35.4 Å². The Morgan fingerprint density at radius 2 is 2.06 bits per heavy atom. The molecule has 0 aliphatic heterocycles. The standard InChI is InChI=1S/C23H17ClFN3O2S2/c1-30-16-8-5-14(6-9-16)27-22(29)13-31-23-28-20-10-7-15(11-21(20)32-23)26-12-17-18(24)3-2-4-19(17)25/h2-12H,13H2,1H3,(H,27,29). The molecule has 162 valence electrons. The fourth-order valence-electron chi connectivity index (χ4n) is 2.81. The highest BCUT2D eigenvalue weighted by Crippen LogP contribution is 2.32. The summed E-state index contributed by atoms with van der Waals surface area (Å²) in [6, 6.07) is 17.2. The number of rotatable bonds is 7. The highest BCUT2D eigenvalue weighted by Gasteiger charge is 2.09. The molecule has 0 saturated heterocycles. The van der Waals surface area contributed by atoms with E-state index in [0.717, 1.165) is 20.3 Å². The Bertz CT molecular complexity index is 1270. The monoisotopic (exact) mass is 485 g/mol. The molecule has 0 aliphatic rings. The van der Waals surface area contributed by atoms with E-state index in [9.17, 15) is 9.18 Å². The number of fused-ring (bicyclic) bond motifs is 1. The van der Waals surface area contributed by atoms with Gasteiger partial charge in [-0.2, -0.15) is 0 Å². The van der Waals surface area contributed by atoms with Gasteiger partial charge in [0.25, 0.3) is 0 Å². The van der Waals surface area contributed by atoms with Crippen LogP contribution < -0.4 is 10.1 Å². The van der Waals surface area contributed by atoms with E-state index in [1.807, 2.05) is 12.1 Å². The van der Waals surface area contributed by atoms with E-state index >= 15 is 0 Å². The average Bonchev–Trinajstić information content (AvgIpc) is 3.20. The lowest BCUT2D eigenvalue weighted by Gasteiger charge is -2.05.